The second kappa shape index (κ2) is 6.66. The maximum absolute atomic E-state index is 13.1. The smallest absolute Gasteiger partial charge is 0.123 e. The minimum absolute atomic E-state index is 0.162. The Bertz CT molecular complexity index is 429. The van der Waals surface area contributed by atoms with Crippen molar-refractivity contribution in [2.75, 3.05) is 19.8 Å². The zero-order valence-electron chi connectivity index (χ0n) is 10.8. The fraction of sp³-hybridized carbons (Fsp3) is 0.467. The van der Waals surface area contributed by atoms with E-state index in [1.807, 2.05) is 13.0 Å². The van der Waals surface area contributed by atoms with Gasteiger partial charge in [-0.15, -0.1) is 0 Å². The molecule has 1 aliphatic rings. The molecule has 0 atom stereocenters. The van der Waals surface area contributed by atoms with E-state index >= 15 is 0 Å². The summed E-state index contributed by atoms with van der Waals surface area (Å²) in [6.45, 7) is 5.26. The van der Waals surface area contributed by atoms with E-state index in [-0.39, 0.29) is 5.82 Å². The van der Waals surface area contributed by atoms with Gasteiger partial charge >= 0.3 is 0 Å². The van der Waals surface area contributed by atoms with E-state index in [2.05, 4.69) is 11.4 Å². The highest BCUT2D eigenvalue weighted by molar-refractivity contribution is 5.26. The average Bonchev–Trinajstić information content (AvgIpc) is 2.40. The van der Waals surface area contributed by atoms with Crippen LogP contribution in [0.2, 0.25) is 0 Å². The number of benzene rings is 1. The lowest BCUT2D eigenvalue weighted by atomic mass is 10.1. The topological polar surface area (TPSA) is 21.3 Å². The largest absolute Gasteiger partial charge is 0.377 e. The molecule has 1 aliphatic heterocycles. The van der Waals surface area contributed by atoms with Crippen LogP contribution >= 0.6 is 0 Å². The SMILES string of the molecule is Cc1ccc(F)cc1CNCCC1=CCOCC1. The summed E-state index contributed by atoms with van der Waals surface area (Å²) in [5.41, 5.74) is 3.63. The summed E-state index contributed by atoms with van der Waals surface area (Å²) < 4.78 is 18.4. The maximum atomic E-state index is 13.1. The van der Waals surface area contributed by atoms with Crippen molar-refractivity contribution in [2.45, 2.75) is 26.3 Å². The van der Waals surface area contributed by atoms with Gasteiger partial charge in [0.25, 0.3) is 0 Å². The number of ether oxygens (including phenoxy) is 1. The number of rotatable bonds is 5. The van der Waals surface area contributed by atoms with Gasteiger partial charge in [0.2, 0.25) is 0 Å². The molecule has 0 saturated carbocycles. The van der Waals surface area contributed by atoms with Crippen LogP contribution in [0.25, 0.3) is 0 Å². The van der Waals surface area contributed by atoms with Gasteiger partial charge in [0.05, 0.1) is 13.2 Å². The second-order valence-electron chi connectivity index (χ2n) is 4.68. The van der Waals surface area contributed by atoms with Gasteiger partial charge in [-0.1, -0.05) is 17.7 Å². The lowest BCUT2D eigenvalue weighted by Gasteiger charge is -2.14. The van der Waals surface area contributed by atoms with Crippen molar-refractivity contribution < 1.29 is 9.13 Å². The molecule has 2 nitrogen and oxygen atoms in total. The van der Waals surface area contributed by atoms with Crippen LogP contribution in [0.15, 0.2) is 29.8 Å². The summed E-state index contributed by atoms with van der Waals surface area (Å²) in [6, 6.07) is 4.94. The van der Waals surface area contributed by atoms with Crippen molar-refractivity contribution in [1.82, 2.24) is 5.32 Å². The van der Waals surface area contributed by atoms with Gasteiger partial charge < -0.3 is 10.1 Å². The molecule has 0 fully saturated rings. The molecular formula is C15H20FNO. The first-order valence-corrected chi connectivity index (χ1v) is 6.47. The first-order valence-electron chi connectivity index (χ1n) is 6.47. The lowest BCUT2D eigenvalue weighted by molar-refractivity contribution is 0.153. The van der Waals surface area contributed by atoms with Crippen molar-refractivity contribution in [1.29, 1.82) is 0 Å². The molecule has 0 amide bonds. The van der Waals surface area contributed by atoms with Crippen LogP contribution in [-0.2, 0) is 11.3 Å². The Morgan fingerprint density at radius 2 is 2.28 bits per heavy atom. The van der Waals surface area contributed by atoms with E-state index in [1.54, 1.807) is 6.07 Å². The summed E-state index contributed by atoms with van der Waals surface area (Å²) in [5.74, 6) is -0.162. The first kappa shape index (κ1) is 13.2. The van der Waals surface area contributed by atoms with Gasteiger partial charge in [0.15, 0.2) is 0 Å². The molecule has 0 aliphatic carbocycles. The molecule has 1 aromatic rings. The molecule has 1 heterocycles. The normalized spacial score (nSPS) is 15.6. The summed E-state index contributed by atoms with van der Waals surface area (Å²) in [4.78, 5) is 0. The minimum Gasteiger partial charge on any atom is -0.377 e. The third-order valence-corrected chi connectivity index (χ3v) is 3.31. The van der Waals surface area contributed by atoms with Gasteiger partial charge in [-0.2, -0.15) is 0 Å². The molecule has 0 spiro atoms. The van der Waals surface area contributed by atoms with Gasteiger partial charge in [0.1, 0.15) is 5.82 Å². The Labute approximate surface area is 108 Å². The summed E-state index contributed by atoms with van der Waals surface area (Å²) in [5, 5.41) is 3.37. The zero-order valence-corrected chi connectivity index (χ0v) is 10.8. The Hall–Kier alpha value is -1.19. The lowest BCUT2D eigenvalue weighted by Crippen LogP contribution is -2.17. The predicted octanol–water partition coefficient (Wildman–Crippen LogP) is 2.96. The number of hydrogen-bond donors (Lipinski definition) is 1. The van der Waals surface area contributed by atoms with Crippen molar-refractivity contribution >= 4 is 0 Å². The molecule has 0 bridgehead atoms. The van der Waals surface area contributed by atoms with Crippen LogP contribution < -0.4 is 5.32 Å². The van der Waals surface area contributed by atoms with E-state index in [1.165, 1.54) is 11.6 Å². The summed E-state index contributed by atoms with van der Waals surface area (Å²) in [7, 11) is 0. The molecule has 1 aromatic carbocycles. The Morgan fingerprint density at radius 1 is 1.39 bits per heavy atom. The van der Waals surface area contributed by atoms with Crippen LogP contribution in [0.4, 0.5) is 4.39 Å². The number of halogens is 1. The first-order chi connectivity index (χ1) is 8.75. The van der Waals surface area contributed by atoms with E-state index in [9.17, 15) is 4.39 Å². The maximum Gasteiger partial charge on any atom is 0.123 e. The molecule has 0 saturated heterocycles. The van der Waals surface area contributed by atoms with Gasteiger partial charge in [-0.25, -0.2) is 4.39 Å². The molecule has 2 rings (SSSR count). The third-order valence-electron chi connectivity index (χ3n) is 3.31. The fourth-order valence-electron chi connectivity index (χ4n) is 2.09. The van der Waals surface area contributed by atoms with E-state index in [4.69, 9.17) is 4.74 Å². The molecule has 18 heavy (non-hydrogen) atoms. The number of nitrogens with one attached hydrogen (secondary N) is 1. The predicted molar refractivity (Wildman–Crippen MR) is 71.0 cm³/mol. The summed E-state index contributed by atoms with van der Waals surface area (Å²) in [6.07, 6.45) is 4.26. The molecule has 98 valence electrons. The molecule has 1 N–H and O–H groups in total. The summed E-state index contributed by atoms with van der Waals surface area (Å²) >= 11 is 0. The van der Waals surface area contributed by atoms with Crippen LogP contribution in [0.1, 0.15) is 24.0 Å². The molecule has 0 radical (unpaired) electrons. The highest BCUT2D eigenvalue weighted by atomic mass is 19.1. The Balaban J connectivity index is 1.74. The average molecular weight is 249 g/mol. The molecule has 0 aromatic heterocycles. The zero-order chi connectivity index (χ0) is 12.8. The highest BCUT2D eigenvalue weighted by Gasteiger charge is 2.04. The number of aryl methyl sites for hydroxylation is 1. The standard InChI is InChI=1S/C15H20FNO/c1-12-2-3-15(16)10-14(12)11-17-7-4-13-5-8-18-9-6-13/h2-3,5,10,17H,4,6-9,11H2,1H3. The van der Waals surface area contributed by atoms with Crippen molar-refractivity contribution in [3.05, 3.63) is 46.8 Å². The van der Waals surface area contributed by atoms with E-state index in [0.29, 0.717) is 0 Å². The highest BCUT2D eigenvalue weighted by Crippen LogP contribution is 2.12. The third kappa shape index (κ3) is 3.93. The van der Waals surface area contributed by atoms with E-state index < -0.39 is 0 Å². The van der Waals surface area contributed by atoms with Crippen molar-refractivity contribution in [3.8, 4) is 0 Å². The van der Waals surface area contributed by atoms with E-state index in [0.717, 1.165) is 50.3 Å². The molecule has 3 heteroatoms. The molecule has 0 unspecified atom stereocenters. The van der Waals surface area contributed by atoms with Gasteiger partial charge in [-0.05, 0) is 49.6 Å². The van der Waals surface area contributed by atoms with Crippen LogP contribution in [0, 0.1) is 12.7 Å². The Morgan fingerprint density at radius 3 is 3.06 bits per heavy atom. The molecular weight excluding hydrogens is 229 g/mol. The van der Waals surface area contributed by atoms with Gasteiger partial charge in [0, 0.05) is 6.54 Å². The van der Waals surface area contributed by atoms with Crippen molar-refractivity contribution in [3.63, 3.8) is 0 Å². The van der Waals surface area contributed by atoms with Crippen molar-refractivity contribution in [2.24, 2.45) is 0 Å². The van der Waals surface area contributed by atoms with Crippen LogP contribution in [0.5, 0.6) is 0 Å². The monoisotopic (exact) mass is 249 g/mol. The minimum atomic E-state index is -0.162. The Kier molecular flexibility index (Phi) is 4.90. The second-order valence-corrected chi connectivity index (χ2v) is 4.68. The van der Waals surface area contributed by atoms with Gasteiger partial charge in [-0.3, -0.25) is 0 Å². The fourth-order valence-corrected chi connectivity index (χ4v) is 2.09. The van der Waals surface area contributed by atoms with Crippen LogP contribution in [0.3, 0.4) is 0 Å². The quantitative estimate of drug-likeness (QED) is 0.640. The van der Waals surface area contributed by atoms with Crippen LogP contribution in [-0.4, -0.2) is 19.8 Å². The number of hydrogen-bond acceptors (Lipinski definition) is 2.